The molecule has 1 amide bonds. The highest BCUT2D eigenvalue weighted by atomic mass is 16.6. The topological polar surface area (TPSA) is 46.6 Å². The molecule has 1 atom stereocenters. The monoisotopic (exact) mass is 303 g/mol. The zero-order chi connectivity index (χ0) is 16.5. The lowest BCUT2D eigenvalue weighted by Gasteiger charge is -2.33. The summed E-state index contributed by atoms with van der Waals surface area (Å²) in [4.78, 5) is 26.1. The molecule has 22 heavy (non-hydrogen) atoms. The number of piperidine rings is 1. The molecule has 0 radical (unpaired) electrons. The lowest BCUT2D eigenvalue weighted by atomic mass is 9.83. The van der Waals surface area contributed by atoms with Crippen molar-refractivity contribution >= 4 is 11.9 Å². The van der Waals surface area contributed by atoms with E-state index in [0.717, 1.165) is 16.7 Å². The quantitative estimate of drug-likeness (QED) is 0.796. The molecule has 0 aromatic heterocycles. The van der Waals surface area contributed by atoms with Gasteiger partial charge in [0.25, 0.3) is 0 Å². The van der Waals surface area contributed by atoms with Crippen molar-refractivity contribution in [3.05, 3.63) is 34.9 Å². The van der Waals surface area contributed by atoms with E-state index in [9.17, 15) is 9.59 Å². The van der Waals surface area contributed by atoms with Crippen molar-refractivity contribution in [3.8, 4) is 0 Å². The van der Waals surface area contributed by atoms with Gasteiger partial charge in [0.2, 0.25) is 0 Å². The number of carbonyl (C=O) groups excluding carboxylic acids is 2. The van der Waals surface area contributed by atoms with Crippen LogP contribution in [0, 0.1) is 13.8 Å². The van der Waals surface area contributed by atoms with Crippen LogP contribution in [0.5, 0.6) is 0 Å². The minimum atomic E-state index is -0.538. The summed E-state index contributed by atoms with van der Waals surface area (Å²) in [5, 5.41) is 0. The molecular formula is C18H25NO3. The van der Waals surface area contributed by atoms with Gasteiger partial charge in [0.15, 0.2) is 5.78 Å². The molecule has 0 N–H and O–H groups in total. The number of likely N-dealkylation sites (tertiary alicyclic amines) is 1. The number of ketones is 1. The summed E-state index contributed by atoms with van der Waals surface area (Å²) in [7, 11) is 0. The SMILES string of the molecule is Cc1cccc(C)c1[C@@H]1CCN(C(=O)OC(C)(C)C)CC1=O. The number of hydrogen-bond acceptors (Lipinski definition) is 3. The van der Waals surface area contributed by atoms with E-state index < -0.39 is 11.7 Å². The average Bonchev–Trinajstić information content (AvgIpc) is 2.38. The molecule has 4 nitrogen and oxygen atoms in total. The van der Waals surface area contributed by atoms with Gasteiger partial charge >= 0.3 is 6.09 Å². The van der Waals surface area contributed by atoms with Gasteiger partial charge in [0.05, 0.1) is 6.54 Å². The highest BCUT2D eigenvalue weighted by Crippen LogP contribution is 2.30. The summed E-state index contributed by atoms with van der Waals surface area (Å²) in [6, 6.07) is 6.08. The van der Waals surface area contributed by atoms with E-state index in [1.165, 1.54) is 4.90 Å². The summed E-state index contributed by atoms with van der Waals surface area (Å²) in [5.41, 5.74) is 2.87. The first-order valence-corrected chi connectivity index (χ1v) is 7.76. The molecule has 1 fully saturated rings. The van der Waals surface area contributed by atoms with Gasteiger partial charge in [-0.05, 0) is 57.7 Å². The first-order chi connectivity index (χ1) is 10.2. The van der Waals surface area contributed by atoms with Crippen LogP contribution in [0.15, 0.2) is 18.2 Å². The molecule has 1 saturated heterocycles. The van der Waals surface area contributed by atoms with Crippen LogP contribution >= 0.6 is 0 Å². The third-order valence-corrected chi connectivity index (χ3v) is 3.97. The van der Waals surface area contributed by atoms with E-state index in [1.54, 1.807) is 0 Å². The second-order valence-electron chi connectivity index (χ2n) is 7.01. The van der Waals surface area contributed by atoms with Crippen LogP contribution in [-0.2, 0) is 9.53 Å². The highest BCUT2D eigenvalue weighted by molar-refractivity contribution is 5.91. The fourth-order valence-corrected chi connectivity index (χ4v) is 2.99. The fourth-order valence-electron chi connectivity index (χ4n) is 2.99. The van der Waals surface area contributed by atoms with E-state index in [4.69, 9.17) is 4.74 Å². The number of rotatable bonds is 1. The number of hydrogen-bond donors (Lipinski definition) is 0. The van der Waals surface area contributed by atoms with Crippen LogP contribution in [0.2, 0.25) is 0 Å². The van der Waals surface area contributed by atoms with Crippen molar-refractivity contribution in [2.75, 3.05) is 13.1 Å². The number of benzene rings is 1. The fraction of sp³-hybridized carbons (Fsp3) is 0.556. The summed E-state index contributed by atoms with van der Waals surface area (Å²) in [5.74, 6) is -0.0191. The van der Waals surface area contributed by atoms with Crippen molar-refractivity contribution in [3.63, 3.8) is 0 Å². The molecule has 4 heteroatoms. The average molecular weight is 303 g/mol. The second-order valence-corrected chi connectivity index (χ2v) is 7.01. The van der Waals surface area contributed by atoms with Crippen molar-refractivity contribution in [1.82, 2.24) is 4.90 Å². The zero-order valence-corrected chi connectivity index (χ0v) is 14.1. The first-order valence-electron chi connectivity index (χ1n) is 7.76. The van der Waals surface area contributed by atoms with Crippen LogP contribution in [-0.4, -0.2) is 35.5 Å². The summed E-state index contributed by atoms with van der Waals surface area (Å²) in [6.45, 7) is 10.3. The van der Waals surface area contributed by atoms with Crippen molar-refractivity contribution in [2.45, 2.75) is 52.6 Å². The predicted molar refractivity (Wildman–Crippen MR) is 86.1 cm³/mol. The largest absolute Gasteiger partial charge is 0.444 e. The van der Waals surface area contributed by atoms with E-state index in [-0.39, 0.29) is 18.2 Å². The lowest BCUT2D eigenvalue weighted by molar-refractivity contribution is -0.123. The third kappa shape index (κ3) is 3.67. The molecule has 0 unspecified atom stereocenters. The van der Waals surface area contributed by atoms with Crippen molar-refractivity contribution < 1.29 is 14.3 Å². The maximum Gasteiger partial charge on any atom is 0.410 e. The van der Waals surface area contributed by atoms with Crippen molar-refractivity contribution in [1.29, 1.82) is 0 Å². The van der Waals surface area contributed by atoms with Crippen molar-refractivity contribution in [2.24, 2.45) is 0 Å². The van der Waals surface area contributed by atoms with Crippen LogP contribution in [0.3, 0.4) is 0 Å². The molecular weight excluding hydrogens is 278 g/mol. The highest BCUT2D eigenvalue weighted by Gasteiger charge is 2.33. The molecule has 2 rings (SSSR count). The molecule has 1 aliphatic heterocycles. The Morgan fingerprint density at radius 3 is 2.32 bits per heavy atom. The van der Waals surface area contributed by atoms with E-state index in [2.05, 4.69) is 0 Å². The predicted octanol–water partition coefficient (Wildman–Crippen LogP) is 3.60. The molecule has 1 aromatic carbocycles. The number of Topliss-reactive ketones (excluding diaryl/α,β-unsaturated/α-hetero) is 1. The molecule has 1 heterocycles. The van der Waals surface area contributed by atoms with Gasteiger partial charge in [-0.15, -0.1) is 0 Å². The van der Waals surface area contributed by atoms with Gasteiger partial charge in [-0.25, -0.2) is 4.79 Å². The number of carbonyl (C=O) groups is 2. The van der Waals surface area contributed by atoms with Gasteiger partial charge in [0.1, 0.15) is 5.60 Å². The van der Waals surface area contributed by atoms with Crippen LogP contribution in [0.4, 0.5) is 4.79 Å². The number of ether oxygens (including phenoxy) is 1. The van der Waals surface area contributed by atoms with Gasteiger partial charge < -0.3 is 9.64 Å². The van der Waals surface area contributed by atoms with E-state index in [0.29, 0.717) is 13.0 Å². The Morgan fingerprint density at radius 2 is 1.82 bits per heavy atom. The molecule has 120 valence electrons. The minimum absolute atomic E-state index is 0.0921. The van der Waals surface area contributed by atoms with Gasteiger partial charge in [0, 0.05) is 12.5 Å². The standard InChI is InChI=1S/C18H25NO3/c1-12-7-6-8-13(2)16(12)14-9-10-19(11-15(14)20)17(21)22-18(3,4)5/h6-8,14H,9-11H2,1-5H3/t14-/m1/s1. The Hall–Kier alpha value is -1.84. The summed E-state index contributed by atoms with van der Waals surface area (Å²) < 4.78 is 5.35. The summed E-state index contributed by atoms with van der Waals surface area (Å²) >= 11 is 0. The van der Waals surface area contributed by atoms with E-state index in [1.807, 2.05) is 52.8 Å². The Morgan fingerprint density at radius 1 is 1.23 bits per heavy atom. The number of aryl methyl sites for hydroxylation is 2. The van der Waals surface area contributed by atoms with Crippen LogP contribution < -0.4 is 0 Å². The minimum Gasteiger partial charge on any atom is -0.444 e. The van der Waals surface area contributed by atoms with Crippen LogP contribution in [0.25, 0.3) is 0 Å². The number of nitrogens with zero attached hydrogens (tertiary/aromatic N) is 1. The Labute approximate surface area is 132 Å². The number of amides is 1. The first kappa shape index (κ1) is 16.5. The van der Waals surface area contributed by atoms with E-state index >= 15 is 0 Å². The lowest BCUT2D eigenvalue weighted by Crippen LogP contribution is -2.45. The molecule has 1 aromatic rings. The van der Waals surface area contributed by atoms with Gasteiger partial charge in [-0.1, -0.05) is 18.2 Å². The maximum absolute atomic E-state index is 12.5. The molecule has 1 aliphatic rings. The summed E-state index contributed by atoms with van der Waals surface area (Å²) in [6.07, 6.45) is 0.254. The maximum atomic E-state index is 12.5. The smallest absolute Gasteiger partial charge is 0.410 e. The normalized spacial score (nSPS) is 19.2. The molecule has 0 saturated carbocycles. The second kappa shape index (κ2) is 6.11. The Balaban J connectivity index is 2.11. The Kier molecular flexibility index (Phi) is 4.59. The molecule has 0 spiro atoms. The van der Waals surface area contributed by atoms with Gasteiger partial charge in [-0.3, -0.25) is 4.79 Å². The zero-order valence-electron chi connectivity index (χ0n) is 14.1. The molecule has 0 bridgehead atoms. The Bertz CT molecular complexity index is 566. The van der Waals surface area contributed by atoms with Gasteiger partial charge in [-0.2, -0.15) is 0 Å². The van der Waals surface area contributed by atoms with Crippen LogP contribution in [0.1, 0.15) is 49.8 Å². The third-order valence-electron chi connectivity index (χ3n) is 3.97. The molecule has 0 aliphatic carbocycles.